The molecule has 33 heavy (non-hydrogen) atoms. The number of ether oxygens (including phenoxy) is 2. The molecule has 1 atom stereocenters. The van der Waals surface area contributed by atoms with Gasteiger partial charge in [-0.25, -0.2) is 4.98 Å². The molecule has 1 amide bonds. The highest BCUT2D eigenvalue weighted by Gasteiger charge is 2.26. The number of carbonyl (C=O) groups is 2. The predicted molar refractivity (Wildman–Crippen MR) is 125 cm³/mol. The zero-order chi connectivity index (χ0) is 23.8. The van der Waals surface area contributed by atoms with Crippen LogP contribution in [0.15, 0.2) is 36.7 Å². The van der Waals surface area contributed by atoms with Crippen molar-refractivity contribution < 1.29 is 24.2 Å². The minimum Gasteiger partial charge on any atom is -0.490 e. The van der Waals surface area contributed by atoms with Crippen LogP contribution in [0.25, 0.3) is 0 Å². The fraction of sp³-hybridized carbons (Fsp3) is 0.500. The molecule has 9 nitrogen and oxygen atoms in total. The van der Waals surface area contributed by atoms with Crippen molar-refractivity contribution in [1.29, 1.82) is 0 Å². The zero-order valence-corrected chi connectivity index (χ0v) is 19.4. The van der Waals surface area contributed by atoms with E-state index in [1.165, 1.54) is 6.20 Å². The Bertz CT molecular complexity index is 965. The second kappa shape index (κ2) is 11.0. The lowest BCUT2D eigenvalue weighted by Gasteiger charge is -2.33. The van der Waals surface area contributed by atoms with Crippen molar-refractivity contribution in [3.63, 3.8) is 0 Å². The van der Waals surface area contributed by atoms with Crippen LogP contribution >= 0.6 is 0 Å². The van der Waals surface area contributed by atoms with Crippen LogP contribution < -0.4 is 19.7 Å². The van der Waals surface area contributed by atoms with Crippen LogP contribution in [0.3, 0.4) is 0 Å². The number of hydrogen-bond acceptors (Lipinski definition) is 7. The Hall–Kier alpha value is -3.36. The number of aromatic nitrogens is 2. The highest BCUT2D eigenvalue weighted by atomic mass is 16.5. The molecule has 2 aromatic rings. The lowest BCUT2D eigenvalue weighted by molar-refractivity contribution is -0.139. The van der Waals surface area contributed by atoms with Crippen LogP contribution in [0.5, 0.6) is 11.5 Å². The SMILES string of the molecule is CCOc1ccccc1O[C@@H]1CCCN(c2cncc(NC(=O)CC(C)(C)CC(=O)O)n2)C1. The van der Waals surface area contributed by atoms with Crippen molar-refractivity contribution in [3.8, 4) is 11.5 Å². The Labute approximate surface area is 194 Å². The third-order valence-corrected chi connectivity index (χ3v) is 5.30. The molecule has 2 heterocycles. The van der Waals surface area contributed by atoms with Gasteiger partial charge in [0.25, 0.3) is 0 Å². The van der Waals surface area contributed by atoms with Crippen molar-refractivity contribution in [2.75, 3.05) is 29.9 Å². The number of nitrogens with one attached hydrogen (secondary N) is 1. The Morgan fingerprint density at radius 2 is 1.97 bits per heavy atom. The van der Waals surface area contributed by atoms with E-state index in [4.69, 9.17) is 14.6 Å². The number of carboxylic acid groups (broad SMARTS) is 1. The van der Waals surface area contributed by atoms with E-state index in [2.05, 4.69) is 20.2 Å². The topological polar surface area (TPSA) is 114 Å². The Kier molecular flexibility index (Phi) is 8.08. The lowest BCUT2D eigenvalue weighted by atomic mass is 9.85. The maximum atomic E-state index is 12.4. The summed E-state index contributed by atoms with van der Waals surface area (Å²) in [6, 6.07) is 7.65. The summed E-state index contributed by atoms with van der Waals surface area (Å²) in [6.07, 6.45) is 4.96. The summed E-state index contributed by atoms with van der Waals surface area (Å²) in [6.45, 7) is 7.46. The van der Waals surface area contributed by atoms with E-state index in [0.717, 1.165) is 30.9 Å². The molecule has 1 aliphatic rings. The number of piperidine rings is 1. The normalized spacial score (nSPS) is 16.2. The number of hydrogen-bond donors (Lipinski definition) is 2. The van der Waals surface area contributed by atoms with Crippen LogP contribution in [0.1, 0.15) is 46.5 Å². The summed E-state index contributed by atoms with van der Waals surface area (Å²) in [5.74, 6) is 1.23. The van der Waals surface area contributed by atoms with Gasteiger partial charge < -0.3 is 24.8 Å². The molecule has 0 spiro atoms. The van der Waals surface area contributed by atoms with E-state index in [9.17, 15) is 9.59 Å². The van der Waals surface area contributed by atoms with Gasteiger partial charge in [-0.1, -0.05) is 26.0 Å². The fourth-order valence-corrected chi connectivity index (χ4v) is 3.91. The molecule has 1 aliphatic heterocycles. The van der Waals surface area contributed by atoms with Gasteiger partial charge in [0.1, 0.15) is 11.9 Å². The van der Waals surface area contributed by atoms with E-state index in [0.29, 0.717) is 24.8 Å². The van der Waals surface area contributed by atoms with E-state index in [1.807, 2.05) is 31.2 Å². The molecule has 0 radical (unpaired) electrons. The van der Waals surface area contributed by atoms with E-state index in [-0.39, 0.29) is 24.9 Å². The first-order chi connectivity index (χ1) is 15.8. The van der Waals surface area contributed by atoms with Crippen LogP contribution in [0.4, 0.5) is 11.6 Å². The molecular weight excluding hydrogens is 424 g/mol. The number of carbonyl (C=O) groups excluding carboxylic acids is 1. The van der Waals surface area contributed by atoms with Gasteiger partial charge in [-0.15, -0.1) is 0 Å². The summed E-state index contributed by atoms with van der Waals surface area (Å²) in [5.41, 5.74) is -0.657. The molecule has 1 saturated heterocycles. The van der Waals surface area contributed by atoms with E-state index < -0.39 is 11.4 Å². The first-order valence-corrected chi connectivity index (χ1v) is 11.2. The van der Waals surface area contributed by atoms with Crippen LogP contribution in [0, 0.1) is 5.41 Å². The minimum atomic E-state index is -0.930. The maximum absolute atomic E-state index is 12.4. The highest BCUT2D eigenvalue weighted by Crippen LogP contribution is 2.30. The maximum Gasteiger partial charge on any atom is 0.303 e. The Morgan fingerprint density at radius 1 is 1.21 bits per heavy atom. The average molecular weight is 457 g/mol. The number of aliphatic carboxylic acids is 1. The molecule has 3 rings (SSSR count). The molecule has 0 bridgehead atoms. The molecule has 0 aliphatic carbocycles. The number of para-hydroxylation sites is 2. The summed E-state index contributed by atoms with van der Waals surface area (Å²) in [5, 5.41) is 11.8. The van der Waals surface area contributed by atoms with Gasteiger partial charge in [-0.05, 0) is 37.3 Å². The van der Waals surface area contributed by atoms with Gasteiger partial charge in [-0.2, -0.15) is 0 Å². The number of benzene rings is 1. The first kappa shape index (κ1) is 24.3. The molecule has 0 unspecified atom stereocenters. The summed E-state index contributed by atoms with van der Waals surface area (Å²) < 4.78 is 11.9. The number of rotatable bonds is 10. The fourth-order valence-electron chi connectivity index (χ4n) is 3.91. The smallest absolute Gasteiger partial charge is 0.303 e. The number of carboxylic acids is 1. The number of nitrogens with zero attached hydrogens (tertiary/aromatic N) is 3. The molecule has 2 N–H and O–H groups in total. The van der Waals surface area contributed by atoms with Gasteiger partial charge in [0, 0.05) is 13.0 Å². The predicted octanol–water partition coefficient (Wildman–Crippen LogP) is 3.75. The summed E-state index contributed by atoms with van der Waals surface area (Å²) >= 11 is 0. The highest BCUT2D eigenvalue weighted by molar-refractivity contribution is 5.90. The Morgan fingerprint density at radius 3 is 2.70 bits per heavy atom. The van der Waals surface area contributed by atoms with Gasteiger partial charge in [-0.3, -0.25) is 14.6 Å². The molecule has 178 valence electrons. The van der Waals surface area contributed by atoms with Gasteiger partial charge in [0.2, 0.25) is 5.91 Å². The van der Waals surface area contributed by atoms with E-state index in [1.54, 1.807) is 20.0 Å². The number of amides is 1. The van der Waals surface area contributed by atoms with Crippen molar-refractivity contribution in [2.24, 2.45) is 5.41 Å². The lowest BCUT2D eigenvalue weighted by Crippen LogP contribution is -2.41. The molecule has 9 heteroatoms. The molecule has 0 saturated carbocycles. The van der Waals surface area contributed by atoms with Crippen molar-refractivity contribution >= 4 is 23.5 Å². The summed E-state index contributed by atoms with van der Waals surface area (Å²) in [7, 11) is 0. The number of anilines is 2. The quantitative estimate of drug-likeness (QED) is 0.556. The van der Waals surface area contributed by atoms with Crippen molar-refractivity contribution in [2.45, 2.75) is 52.6 Å². The van der Waals surface area contributed by atoms with Crippen molar-refractivity contribution in [1.82, 2.24) is 9.97 Å². The second-order valence-corrected chi connectivity index (χ2v) is 8.93. The largest absolute Gasteiger partial charge is 0.490 e. The van der Waals surface area contributed by atoms with Gasteiger partial charge in [0.05, 0.1) is 32.0 Å². The summed E-state index contributed by atoms with van der Waals surface area (Å²) in [4.78, 5) is 34.3. The molecule has 1 fully saturated rings. The zero-order valence-electron chi connectivity index (χ0n) is 19.4. The molecule has 1 aromatic heterocycles. The van der Waals surface area contributed by atoms with Gasteiger partial charge >= 0.3 is 5.97 Å². The van der Waals surface area contributed by atoms with Crippen LogP contribution in [-0.2, 0) is 9.59 Å². The third kappa shape index (κ3) is 7.34. The average Bonchev–Trinajstić information content (AvgIpc) is 2.74. The van der Waals surface area contributed by atoms with Crippen LogP contribution in [-0.4, -0.2) is 52.8 Å². The minimum absolute atomic E-state index is 0.0304. The second-order valence-electron chi connectivity index (χ2n) is 8.93. The van der Waals surface area contributed by atoms with E-state index >= 15 is 0 Å². The first-order valence-electron chi connectivity index (χ1n) is 11.2. The molecule has 1 aromatic carbocycles. The molecular formula is C24H32N4O5. The standard InChI is InChI=1S/C24H32N4O5/c1-4-32-18-9-5-6-10-19(18)33-17-8-7-11-28(16-17)21-15-25-14-20(26-21)27-22(29)12-24(2,3)13-23(30)31/h5-6,9-10,14-15,17H,4,7-8,11-13,16H2,1-3H3,(H,30,31)(H,26,27,29)/t17-/m1/s1. The van der Waals surface area contributed by atoms with Crippen molar-refractivity contribution in [3.05, 3.63) is 36.7 Å². The van der Waals surface area contributed by atoms with Crippen LogP contribution in [0.2, 0.25) is 0 Å². The Balaban J connectivity index is 1.62. The monoisotopic (exact) mass is 456 g/mol. The van der Waals surface area contributed by atoms with Gasteiger partial charge in [0.15, 0.2) is 17.3 Å². The third-order valence-electron chi connectivity index (χ3n) is 5.30.